The van der Waals surface area contributed by atoms with E-state index in [0.29, 0.717) is 11.1 Å². The first kappa shape index (κ1) is 16.2. The second-order valence-corrected chi connectivity index (χ2v) is 5.14. The Hall–Kier alpha value is -1.89. The zero-order valence-electron chi connectivity index (χ0n) is 10.9. The number of hydrogen-bond acceptors (Lipinski definition) is 3. The van der Waals surface area contributed by atoms with Gasteiger partial charge < -0.3 is 16.2 Å². The summed E-state index contributed by atoms with van der Waals surface area (Å²) in [4.78, 5) is 33.8. The van der Waals surface area contributed by atoms with E-state index in [1.54, 1.807) is 25.1 Å². The number of carboxylic acids is 1. The van der Waals surface area contributed by atoms with Gasteiger partial charge in [-0.3, -0.25) is 9.59 Å². The summed E-state index contributed by atoms with van der Waals surface area (Å²) in [6.45, 7) is 1.75. The smallest absolute Gasteiger partial charge is 0.326 e. The number of carbonyl (C=O) groups excluding carboxylic acids is 2. The van der Waals surface area contributed by atoms with Crippen molar-refractivity contribution in [2.24, 2.45) is 5.73 Å². The number of nitrogens with two attached hydrogens (primary N) is 1. The number of halogens is 1. The summed E-state index contributed by atoms with van der Waals surface area (Å²) >= 11 is 3.30. The summed E-state index contributed by atoms with van der Waals surface area (Å²) in [6, 6.07) is 3.93. The second-order valence-electron chi connectivity index (χ2n) is 4.28. The molecule has 0 saturated carbocycles. The number of carboxylic acid groups (broad SMARTS) is 1. The lowest BCUT2D eigenvalue weighted by Gasteiger charge is -2.15. The Morgan fingerprint density at radius 2 is 2.05 bits per heavy atom. The van der Waals surface area contributed by atoms with Gasteiger partial charge in [0.05, 0.1) is 0 Å². The van der Waals surface area contributed by atoms with Gasteiger partial charge in [-0.15, -0.1) is 0 Å². The van der Waals surface area contributed by atoms with E-state index in [-0.39, 0.29) is 12.8 Å². The van der Waals surface area contributed by atoms with E-state index in [0.717, 1.165) is 4.47 Å². The summed E-state index contributed by atoms with van der Waals surface area (Å²) in [7, 11) is 0. The van der Waals surface area contributed by atoms with Crippen LogP contribution in [0.3, 0.4) is 0 Å². The zero-order chi connectivity index (χ0) is 15.3. The maximum absolute atomic E-state index is 12.1. The molecule has 0 aliphatic carbocycles. The van der Waals surface area contributed by atoms with Gasteiger partial charge in [0, 0.05) is 16.5 Å². The minimum Gasteiger partial charge on any atom is -0.480 e. The van der Waals surface area contributed by atoms with Crippen molar-refractivity contribution in [3.8, 4) is 0 Å². The van der Waals surface area contributed by atoms with Gasteiger partial charge in [-0.05, 0) is 31.0 Å². The molecular weight excluding hydrogens is 328 g/mol. The molecule has 0 unspecified atom stereocenters. The third-order valence-corrected chi connectivity index (χ3v) is 3.65. The number of aliphatic carboxylic acids is 1. The molecule has 1 aromatic carbocycles. The summed E-state index contributed by atoms with van der Waals surface area (Å²) in [6.07, 6.45) is -0.141. The monoisotopic (exact) mass is 342 g/mol. The van der Waals surface area contributed by atoms with Gasteiger partial charge in [-0.25, -0.2) is 4.79 Å². The molecule has 0 heterocycles. The molecule has 1 atom stereocenters. The van der Waals surface area contributed by atoms with Crippen molar-refractivity contribution in [3.63, 3.8) is 0 Å². The van der Waals surface area contributed by atoms with E-state index in [2.05, 4.69) is 21.2 Å². The van der Waals surface area contributed by atoms with Crippen molar-refractivity contribution in [1.82, 2.24) is 5.32 Å². The fraction of sp³-hybridized carbons (Fsp3) is 0.308. The fourth-order valence-electron chi connectivity index (χ4n) is 1.63. The molecule has 0 aliphatic rings. The number of carbonyl (C=O) groups is 3. The van der Waals surface area contributed by atoms with E-state index in [9.17, 15) is 14.4 Å². The van der Waals surface area contributed by atoms with Crippen molar-refractivity contribution >= 4 is 33.7 Å². The summed E-state index contributed by atoms with van der Waals surface area (Å²) in [5.74, 6) is -2.31. The Kier molecular flexibility index (Phi) is 5.69. The SMILES string of the molecule is Cc1c(Br)cccc1C(=O)N[C@H](CCC(N)=O)C(=O)O. The van der Waals surface area contributed by atoms with Gasteiger partial charge in [0.2, 0.25) is 5.91 Å². The van der Waals surface area contributed by atoms with E-state index in [1.165, 1.54) is 0 Å². The van der Waals surface area contributed by atoms with Crippen molar-refractivity contribution in [2.45, 2.75) is 25.8 Å². The maximum atomic E-state index is 12.1. The Bertz CT molecular complexity index is 545. The third-order valence-electron chi connectivity index (χ3n) is 2.80. The molecule has 0 spiro atoms. The molecule has 7 heteroatoms. The van der Waals surface area contributed by atoms with E-state index in [4.69, 9.17) is 10.8 Å². The quantitative estimate of drug-likeness (QED) is 0.721. The lowest BCUT2D eigenvalue weighted by atomic mass is 10.1. The summed E-state index contributed by atoms with van der Waals surface area (Å²) in [5, 5.41) is 11.4. The minimum absolute atomic E-state index is 0.0382. The van der Waals surface area contributed by atoms with Crippen LogP contribution in [0.1, 0.15) is 28.8 Å². The van der Waals surface area contributed by atoms with Crippen LogP contribution in [-0.4, -0.2) is 28.9 Å². The van der Waals surface area contributed by atoms with E-state index < -0.39 is 23.8 Å². The van der Waals surface area contributed by atoms with Crippen LogP contribution in [0.5, 0.6) is 0 Å². The average molecular weight is 343 g/mol. The van der Waals surface area contributed by atoms with Crippen LogP contribution < -0.4 is 11.1 Å². The zero-order valence-corrected chi connectivity index (χ0v) is 12.4. The molecule has 0 aliphatic heterocycles. The van der Waals surface area contributed by atoms with Gasteiger partial charge in [-0.2, -0.15) is 0 Å². The molecule has 0 aromatic heterocycles. The van der Waals surface area contributed by atoms with Crippen LogP contribution in [0, 0.1) is 6.92 Å². The van der Waals surface area contributed by atoms with Gasteiger partial charge in [0.15, 0.2) is 0 Å². The predicted octanol–water partition coefficient (Wildman–Crippen LogP) is 1.21. The molecule has 0 radical (unpaired) electrons. The van der Waals surface area contributed by atoms with Gasteiger partial charge in [0.25, 0.3) is 5.91 Å². The predicted molar refractivity (Wildman–Crippen MR) is 76.2 cm³/mol. The number of nitrogens with one attached hydrogen (secondary N) is 1. The number of amides is 2. The van der Waals surface area contributed by atoms with Crippen LogP contribution in [0.15, 0.2) is 22.7 Å². The molecule has 1 aromatic rings. The van der Waals surface area contributed by atoms with Gasteiger partial charge in [-0.1, -0.05) is 22.0 Å². The van der Waals surface area contributed by atoms with Crippen molar-refractivity contribution in [3.05, 3.63) is 33.8 Å². The molecule has 4 N–H and O–H groups in total. The largest absolute Gasteiger partial charge is 0.480 e. The molecule has 0 fully saturated rings. The highest BCUT2D eigenvalue weighted by molar-refractivity contribution is 9.10. The van der Waals surface area contributed by atoms with Crippen LogP contribution in [-0.2, 0) is 9.59 Å². The molecule has 1 rings (SSSR count). The molecule has 0 bridgehead atoms. The van der Waals surface area contributed by atoms with Crippen molar-refractivity contribution in [2.75, 3.05) is 0 Å². The highest BCUT2D eigenvalue weighted by Gasteiger charge is 2.22. The van der Waals surface area contributed by atoms with Gasteiger partial charge >= 0.3 is 5.97 Å². The van der Waals surface area contributed by atoms with E-state index >= 15 is 0 Å². The topological polar surface area (TPSA) is 109 Å². The number of rotatable bonds is 6. The summed E-state index contributed by atoms with van der Waals surface area (Å²) < 4.78 is 0.758. The van der Waals surface area contributed by atoms with Gasteiger partial charge in [0.1, 0.15) is 6.04 Å². The van der Waals surface area contributed by atoms with Crippen LogP contribution in [0.25, 0.3) is 0 Å². The minimum atomic E-state index is -1.20. The Labute approximate surface area is 124 Å². The molecule has 20 heavy (non-hydrogen) atoms. The van der Waals surface area contributed by atoms with Crippen LogP contribution >= 0.6 is 15.9 Å². The molecule has 2 amide bonds. The molecule has 6 nitrogen and oxygen atoms in total. The lowest BCUT2D eigenvalue weighted by molar-refractivity contribution is -0.139. The Morgan fingerprint density at radius 1 is 1.40 bits per heavy atom. The normalized spacial score (nSPS) is 11.7. The fourth-order valence-corrected chi connectivity index (χ4v) is 2.00. The lowest BCUT2D eigenvalue weighted by Crippen LogP contribution is -2.41. The molecule has 0 saturated heterocycles. The number of benzene rings is 1. The molecule has 108 valence electrons. The first-order valence-electron chi connectivity index (χ1n) is 5.90. The first-order valence-corrected chi connectivity index (χ1v) is 6.69. The number of hydrogen-bond donors (Lipinski definition) is 3. The Morgan fingerprint density at radius 3 is 2.60 bits per heavy atom. The highest BCUT2D eigenvalue weighted by Crippen LogP contribution is 2.19. The summed E-state index contributed by atoms with van der Waals surface area (Å²) in [5.41, 5.74) is 6.07. The third kappa shape index (κ3) is 4.34. The van der Waals surface area contributed by atoms with Crippen LogP contribution in [0.4, 0.5) is 0 Å². The van der Waals surface area contributed by atoms with E-state index in [1.807, 2.05) is 0 Å². The number of primary amides is 1. The maximum Gasteiger partial charge on any atom is 0.326 e. The highest BCUT2D eigenvalue weighted by atomic mass is 79.9. The van der Waals surface area contributed by atoms with Crippen molar-refractivity contribution < 1.29 is 19.5 Å². The Balaban J connectivity index is 2.83. The second kappa shape index (κ2) is 7.04. The average Bonchev–Trinajstić information content (AvgIpc) is 2.36. The van der Waals surface area contributed by atoms with Crippen molar-refractivity contribution in [1.29, 1.82) is 0 Å². The van der Waals surface area contributed by atoms with Crippen LogP contribution in [0.2, 0.25) is 0 Å². The standard InChI is InChI=1S/C13H15BrN2O4/c1-7-8(3-2-4-9(7)14)12(18)16-10(13(19)20)5-6-11(15)17/h2-4,10H,5-6H2,1H3,(H2,15,17)(H,16,18)(H,19,20)/t10-/m1/s1. The first-order chi connectivity index (χ1) is 9.32. The molecular formula is C13H15BrN2O4.